The van der Waals surface area contributed by atoms with Crippen LogP contribution in [0.1, 0.15) is 32.5 Å². The lowest BCUT2D eigenvalue weighted by Crippen LogP contribution is -1.95. The maximum atomic E-state index is 4.95. The molecule has 1 aromatic rings. The lowest BCUT2D eigenvalue weighted by molar-refractivity contribution is 0.374. The SMILES string of the molecule is CCc1nc(CC(C)C)no1. The topological polar surface area (TPSA) is 38.9 Å². The minimum absolute atomic E-state index is 0.595. The van der Waals surface area contributed by atoms with Gasteiger partial charge in [-0.3, -0.25) is 0 Å². The predicted molar refractivity (Wildman–Crippen MR) is 42.2 cm³/mol. The Labute approximate surface area is 66.8 Å². The Morgan fingerprint density at radius 2 is 2.18 bits per heavy atom. The van der Waals surface area contributed by atoms with Crippen molar-refractivity contribution in [3.8, 4) is 0 Å². The van der Waals surface area contributed by atoms with Gasteiger partial charge in [0, 0.05) is 12.8 Å². The van der Waals surface area contributed by atoms with Crippen LogP contribution in [-0.4, -0.2) is 10.1 Å². The van der Waals surface area contributed by atoms with Crippen LogP contribution in [0, 0.1) is 5.92 Å². The summed E-state index contributed by atoms with van der Waals surface area (Å²) in [6, 6.07) is 0. The molecule has 0 amide bonds. The molecule has 11 heavy (non-hydrogen) atoms. The van der Waals surface area contributed by atoms with E-state index in [-0.39, 0.29) is 0 Å². The van der Waals surface area contributed by atoms with Crippen LogP contribution in [0.15, 0.2) is 4.52 Å². The van der Waals surface area contributed by atoms with Gasteiger partial charge in [0.05, 0.1) is 0 Å². The van der Waals surface area contributed by atoms with Crippen molar-refractivity contribution in [1.29, 1.82) is 0 Å². The molecule has 0 bridgehead atoms. The highest BCUT2D eigenvalue weighted by Gasteiger charge is 2.05. The first-order chi connectivity index (χ1) is 5.22. The van der Waals surface area contributed by atoms with Crippen LogP contribution in [0.3, 0.4) is 0 Å². The third kappa shape index (κ3) is 2.33. The summed E-state index contributed by atoms with van der Waals surface area (Å²) in [6.07, 6.45) is 1.73. The van der Waals surface area contributed by atoms with Crippen LogP contribution in [0.25, 0.3) is 0 Å². The Balaban J connectivity index is 2.58. The zero-order valence-electron chi connectivity index (χ0n) is 7.29. The van der Waals surface area contributed by atoms with Crippen LogP contribution < -0.4 is 0 Å². The number of rotatable bonds is 3. The van der Waals surface area contributed by atoms with E-state index in [1.807, 2.05) is 6.92 Å². The molecule has 0 radical (unpaired) electrons. The van der Waals surface area contributed by atoms with Crippen molar-refractivity contribution >= 4 is 0 Å². The van der Waals surface area contributed by atoms with E-state index < -0.39 is 0 Å². The second-order valence-corrected chi connectivity index (χ2v) is 3.06. The van der Waals surface area contributed by atoms with Gasteiger partial charge in [0.1, 0.15) is 0 Å². The maximum absolute atomic E-state index is 4.95. The minimum atomic E-state index is 0.595. The van der Waals surface area contributed by atoms with Gasteiger partial charge in [-0.25, -0.2) is 0 Å². The van der Waals surface area contributed by atoms with Crippen LogP contribution >= 0.6 is 0 Å². The average molecular weight is 154 g/mol. The van der Waals surface area contributed by atoms with E-state index in [2.05, 4.69) is 24.0 Å². The highest BCUT2D eigenvalue weighted by Crippen LogP contribution is 2.04. The van der Waals surface area contributed by atoms with Crippen molar-refractivity contribution in [2.45, 2.75) is 33.6 Å². The van der Waals surface area contributed by atoms with Gasteiger partial charge in [-0.15, -0.1) is 0 Å². The third-order valence-electron chi connectivity index (χ3n) is 1.40. The van der Waals surface area contributed by atoms with E-state index in [1.165, 1.54) is 0 Å². The van der Waals surface area contributed by atoms with E-state index in [4.69, 9.17) is 4.52 Å². The summed E-state index contributed by atoms with van der Waals surface area (Å²) in [5, 5.41) is 3.84. The summed E-state index contributed by atoms with van der Waals surface area (Å²) in [6.45, 7) is 6.29. The molecule has 0 aliphatic carbocycles. The standard InChI is InChI=1S/C8H14N2O/c1-4-8-9-7(10-11-8)5-6(2)3/h6H,4-5H2,1-3H3. The molecule has 1 rings (SSSR count). The molecule has 3 nitrogen and oxygen atoms in total. The van der Waals surface area contributed by atoms with Crippen LogP contribution in [0.5, 0.6) is 0 Å². The fourth-order valence-electron chi connectivity index (χ4n) is 0.882. The maximum Gasteiger partial charge on any atom is 0.226 e. The number of nitrogens with zero attached hydrogens (tertiary/aromatic N) is 2. The van der Waals surface area contributed by atoms with E-state index >= 15 is 0 Å². The summed E-state index contributed by atoms with van der Waals surface area (Å²) in [5.74, 6) is 2.16. The largest absolute Gasteiger partial charge is 0.339 e. The van der Waals surface area contributed by atoms with E-state index in [9.17, 15) is 0 Å². The predicted octanol–water partition coefficient (Wildman–Crippen LogP) is 1.83. The van der Waals surface area contributed by atoms with Crippen LogP contribution in [-0.2, 0) is 12.8 Å². The summed E-state index contributed by atoms with van der Waals surface area (Å²) in [5.41, 5.74) is 0. The van der Waals surface area contributed by atoms with Gasteiger partial charge < -0.3 is 4.52 Å². The molecule has 0 N–H and O–H groups in total. The highest BCUT2D eigenvalue weighted by molar-refractivity contribution is 4.86. The third-order valence-corrected chi connectivity index (χ3v) is 1.40. The Morgan fingerprint density at radius 1 is 1.45 bits per heavy atom. The molecule has 0 unspecified atom stereocenters. The van der Waals surface area contributed by atoms with Gasteiger partial charge in [0.25, 0.3) is 0 Å². The Bertz CT molecular complexity index is 218. The molecule has 0 aliphatic rings. The van der Waals surface area contributed by atoms with Crippen molar-refractivity contribution in [3.63, 3.8) is 0 Å². The summed E-state index contributed by atoms with van der Waals surface area (Å²) in [4.78, 5) is 4.19. The van der Waals surface area contributed by atoms with Gasteiger partial charge in [0.15, 0.2) is 5.82 Å². The molecule has 0 saturated carbocycles. The molecule has 0 saturated heterocycles. The first-order valence-electron chi connectivity index (χ1n) is 4.03. The molecule has 3 heteroatoms. The summed E-state index contributed by atoms with van der Waals surface area (Å²) >= 11 is 0. The fourth-order valence-corrected chi connectivity index (χ4v) is 0.882. The Hall–Kier alpha value is -0.860. The quantitative estimate of drug-likeness (QED) is 0.666. The van der Waals surface area contributed by atoms with Gasteiger partial charge >= 0.3 is 0 Å². The van der Waals surface area contributed by atoms with Crippen molar-refractivity contribution in [3.05, 3.63) is 11.7 Å². The zero-order valence-corrected chi connectivity index (χ0v) is 7.29. The lowest BCUT2D eigenvalue weighted by atomic mass is 10.1. The van der Waals surface area contributed by atoms with Crippen molar-refractivity contribution in [1.82, 2.24) is 10.1 Å². The number of hydrogen-bond acceptors (Lipinski definition) is 3. The van der Waals surface area contributed by atoms with Gasteiger partial charge in [0.2, 0.25) is 5.89 Å². The van der Waals surface area contributed by atoms with Crippen molar-refractivity contribution in [2.75, 3.05) is 0 Å². The second kappa shape index (κ2) is 3.51. The van der Waals surface area contributed by atoms with Crippen molar-refractivity contribution < 1.29 is 4.52 Å². The summed E-state index contributed by atoms with van der Waals surface area (Å²) < 4.78 is 4.95. The number of aromatic nitrogens is 2. The van der Waals surface area contributed by atoms with Gasteiger partial charge in [-0.05, 0) is 5.92 Å². The number of aryl methyl sites for hydroxylation is 1. The Morgan fingerprint density at radius 3 is 2.64 bits per heavy atom. The lowest BCUT2D eigenvalue weighted by Gasteiger charge is -1.95. The van der Waals surface area contributed by atoms with E-state index in [0.29, 0.717) is 5.92 Å². The average Bonchev–Trinajstić information content (AvgIpc) is 2.34. The fraction of sp³-hybridized carbons (Fsp3) is 0.750. The first kappa shape index (κ1) is 8.24. The highest BCUT2D eigenvalue weighted by atomic mass is 16.5. The second-order valence-electron chi connectivity index (χ2n) is 3.06. The van der Waals surface area contributed by atoms with Crippen molar-refractivity contribution in [2.24, 2.45) is 5.92 Å². The Kier molecular flexibility index (Phi) is 2.63. The molecule has 1 aromatic heterocycles. The van der Waals surface area contributed by atoms with Gasteiger partial charge in [-0.2, -0.15) is 4.98 Å². The van der Waals surface area contributed by atoms with E-state index in [1.54, 1.807) is 0 Å². The van der Waals surface area contributed by atoms with Crippen LogP contribution in [0.2, 0.25) is 0 Å². The minimum Gasteiger partial charge on any atom is -0.339 e. The molecule has 0 spiro atoms. The molecular formula is C8H14N2O. The molecule has 1 heterocycles. The van der Waals surface area contributed by atoms with E-state index in [0.717, 1.165) is 24.6 Å². The smallest absolute Gasteiger partial charge is 0.226 e. The molecule has 0 atom stereocenters. The molecule has 0 aliphatic heterocycles. The van der Waals surface area contributed by atoms with Gasteiger partial charge in [-0.1, -0.05) is 25.9 Å². The van der Waals surface area contributed by atoms with Crippen LogP contribution in [0.4, 0.5) is 0 Å². The monoisotopic (exact) mass is 154 g/mol. The zero-order chi connectivity index (χ0) is 8.27. The molecule has 0 aromatic carbocycles. The molecular weight excluding hydrogens is 140 g/mol. The first-order valence-corrected chi connectivity index (χ1v) is 4.03. The summed E-state index contributed by atoms with van der Waals surface area (Å²) in [7, 11) is 0. The normalized spacial score (nSPS) is 10.9. The molecule has 0 fully saturated rings. The number of hydrogen-bond donors (Lipinski definition) is 0. The molecule has 62 valence electrons.